The fraction of sp³-hybridized carbons (Fsp3) is 0.357. The first-order valence-electron chi connectivity index (χ1n) is 7.25. The van der Waals surface area contributed by atoms with Crippen molar-refractivity contribution in [2.24, 2.45) is 7.05 Å². The third kappa shape index (κ3) is 3.44. The molecule has 0 N–H and O–H groups in total. The van der Waals surface area contributed by atoms with Crippen LogP contribution in [0.3, 0.4) is 0 Å². The number of aromatic nitrogens is 4. The molecule has 1 fully saturated rings. The number of hydrogen-bond acceptors (Lipinski definition) is 5. The Morgan fingerprint density at radius 1 is 1.28 bits per heavy atom. The summed E-state index contributed by atoms with van der Waals surface area (Å²) < 4.78 is 39.6. The van der Waals surface area contributed by atoms with Gasteiger partial charge in [-0.2, -0.15) is 13.2 Å². The predicted octanol–water partition coefficient (Wildman–Crippen LogP) is 0.718. The number of nitrogens with zero attached hydrogens (tertiary/aromatic N) is 6. The summed E-state index contributed by atoms with van der Waals surface area (Å²) in [7, 11) is 1.61. The normalized spacial score (nSPS) is 15.6. The van der Waals surface area contributed by atoms with E-state index in [2.05, 4.69) is 15.3 Å². The fourth-order valence-corrected chi connectivity index (χ4v) is 2.47. The molecular formula is C14H13F3N6O2. The third-order valence-electron chi connectivity index (χ3n) is 3.68. The molecule has 0 atom stereocenters. The molecule has 3 rings (SSSR count). The van der Waals surface area contributed by atoms with E-state index in [0.717, 1.165) is 12.3 Å². The Morgan fingerprint density at radius 3 is 2.64 bits per heavy atom. The number of amides is 2. The van der Waals surface area contributed by atoms with Crippen molar-refractivity contribution < 1.29 is 22.8 Å². The van der Waals surface area contributed by atoms with Gasteiger partial charge in [0.15, 0.2) is 5.69 Å². The average molecular weight is 354 g/mol. The Labute approximate surface area is 139 Å². The molecule has 0 spiro atoms. The summed E-state index contributed by atoms with van der Waals surface area (Å²) in [4.78, 5) is 30.3. The lowest BCUT2D eigenvalue weighted by Crippen LogP contribution is -2.52. The van der Waals surface area contributed by atoms with E-state index in [4.69, 9.17) is 0 Å². The van der Waals surface area contributed by atoms with E-state index < -0.39 is 23.7 Å². The fourth-order valence-electron chi connectivity index (χ4n) is 2.47. The molecular weight excluding hydrogens is 341 g/mol. The highest BCUT2D eigenvalue weighted by atomic mass is 19.4. The molecule has 1 aliphatic heterocycles. The lowest BCUT2D eigenvalue weighted by Gasteiger charge is -2.34. The quantitative estimate of drug-likeness (QED) is 0.793. The molecule has 25 heavy (non-hydrogen) atoms. The second-order valence-electron chi connectivity index (χ2n) is 5.45. The van der Waals surface area contributed by atoms with Gasteiger partial charge in [0.05, 0.1) is 6.20 Å². The van der Waals surface area contributed by atoms with Crippen LogP contribution in [0.4, 0.5) is 18.9 Å². The molecule has 1 saturated heterocycles. The molecule has 8 nitrogen and oxygen atoms in total. The van der Waals surface area contributed by atoms with Gasteiger partial charge in [-0.15, -0.1) is 5.10 Å². The van der Waals surface area contributed by atoms with Crippen LogP contribution in [0.15, 0.2) is 24.5 Å². The van der Waals surface area contributed by atoms with Crippen molar-refractivity contribution in [3.63, 3.8) is 0 Å². The van der Waals surface area contributed by atoms with E-state index in [1.165, 1.54) is 26.7 Å². The summed E-state index contributed by atoms with van der Waals surface area (Å²) in [6, 6.07) is 2.14. The van der Waals surface area contributed by atoms with Gasteiger partial charge in [0.1, 0.15) is 12.2 Å². The van der Waals surface area contributed by atoms with Crippen LogP contribution in [-0.4, -0.2) is 56.3 Å². The zero-order chi connectivity index (χ0) is 18.2. The van der Waals surface area contributed by atoms with Crippen LogP contribution < -0.4 is 4.90 Å². The molecule has 0 aliphatic carbocycles. The first-order valence-corrected chi connectivity index (χ1v) is 7.25. The van der Waals surface area contributed by atoms with E-state index in [1.54, 1.807) is 7.05 Å². The third-order valence-corrected chi connectivity index (χ3v) is 3.68. The molecule has 0 radical (unpaired) electrons. The Bertz CT molecular complexity index is 819. The van der Waals surface area contributed by atoms with Crippen LogP contribution >= 0.6 is 0 Å². The maximum atomic E-state index is 12.8. The van der Waals surface area contributed by atoms with E-state index in [1.807, 2.05) is 0 Å². The summed E-state index contributed by atoms with van der Waals surface area (Å²) in [6.07, 6.45) is -2.16. The van der Waals surface area contributed by atoms with Crippen LogP contribution in [-0.2, 0) is 18.0 Å². The molecule has 2 aromatic rings. The van der Waals surface area contributed by atoms with Crippen molar-refractivity contribution in [3.05, 3.63) is 35.9 Å². The molecule has 0 aromatic carbocycles. The van der Waals surface area contributed by atoms with Gasteiger partial charge in [-0.3, -0.25) is 19.3 Å². The second kappa shape index (κ2) is 6.15. The number of aryl methyl sites for hydroxylation is 1. The van der Waals surface area contributed by atoms with Gasteiger partial charge in [-0.25, -0.2) is 0 Å². The van der Waals surface area contributed by atoms with E-state index >= 15 is 0 Å². The van der Waals surface area contributed by atoms with Gasteiger partial charge in [0.25, 0.3) is 5.91 Å². The van der Waals surface area contributed by atoms with Crippen molar-refractivity contribution in [3.8, 4) is 0 Å². The largest absolute Gasteiger partial charge is 0.433 e. The van der Waals surface area contributed by atoms with E-state index in [9.17, 15) is 22.8 Å². The number of rotatable bonds is 2. The highest BCUT2D eigenvalue weighted by Crippen LogP contribution is 2.30. The second-order valence-corrected chi connectivity index (χ2v) is 5.45. The molecule has 132 valence electrons. The summed E-state index contributed by atoms with van der Waals surface area (Å²) >= 11 is 0. The monoisotopic (exact) mass is 354 g/mol. The van der Waals surface area contributed by atoms with Crippen LogP contribution in [0.1, 0.15) is 16.2 Å². The molecule has 0 saturated carbocycles. The van der Waals surface area contributed by atoms with Crippen molar-refractivity contribution in [1.29, 1.82) is 0 Å². The van der Waals surface area contributed by atoms with E-state index in [-0.39, 0.29) is 31.0 Å². The number of carbonyl (C=O) groups is 2. The minimum atomic E-state index is -4.59. The van der Waals surface area contributed by atoms with Gasteiger partial charge in [-0.1, -0.05) is 5.21 Å². The maximum absolute atomic E-state index is 12.8. The molecule has 2 aromatic heterocycles. The number of hydrogen-bond donors (Lipinski definition) is 0. The van der Waals surface area contributed by atoms with Crippen LogP contribution in [0.25, 0.3) is 0 Å². The van der Waals surface area contributed by atoms with Gasteiger partial charge in [0, 0.05) is 32.0 Å². The topological polar surface area (TPSA) is 84.2 Å². The van der Waals surface area contributed by atoms with Gasteiger partial charge >= 0.3 is 6.18 Å². The summed E-state index contributed by atoms with van der Waals surface area (Å²) in [5.41, 5.74) is -0.873. The summed E-state index contributed by atoms with van der Waals surface area (Å²) in [5, 5.41) is 7.35. The average Bonchev–Trinajstić information content (AvgIpc) is 3.00. The number of carbonyl (C=O) groups excluding carboxylic acids is 2. The number of pyridine rings is 1. The van der Waals surface area contributed by atoms with Crippen LogP contribution in [0.5, 0.6) is 0 Å². The standard InChI is InChI=1S/C14H13F3N6O2/c1-21-7-10(19-20-21)13(25)22-4-5-23(12(24)8-22)9-2-3-18-11(6-9)14(15,16)17/h2-3,6-7H,4-5,8H2,1H3. The van der Waals surface area contributed by atoms with E-state index in [0.29, 0.717) is 0 Å². The number of halogens is 3. The summed E-state index contributed by atoms with van der Waals surface area (Å²) in [5.74, 6) is -0.936. The SMILES string of the molecule is Cn1cc(C(=O)N2CCN(c3ccnc(C(F)(F)F)c3)C(=O)C2)nn1. The maximum Gasteiger partial charge on any atom is 0.433 e. The van der Waals surface area contributed by atoms with Gasteiger partial charge in [-0.05, 0) is 12.1 Å². The predicted molar refractivity (Wildman–Crippen MR) is 78.5 cm³/mol. The van der Waals surface area contributed by atoms with Crippen LogP contribution in [0, 0.1) is 0 Å². The highest BCUT2D eigenvalue weighted by molar-refractivity contribution is 6.00. The lowest BCUT2D eigenvalue weighted by molar-refractivity contribution is -0.141. The smallest absolute Gasteiger partial charge is 0.326 e. The van der Waals surface area contributed by atoms with Crippen molar-refractivity contribution in [2.45, 2.75) is 6.18 Å². The Hall–Kier alpha value is -2.98. The van der Waals surface area contributed by atoms with Crippen molar-refractivity contribution >= 4 is 17.5 Å². The molecule has 3 heterocycles. The molecule has 11 heteroatoms. The zero-order valence-electron chi connectivity index (χ0n) is 13.1. The lowest BCUT2D eigenvalue weighted by atomic mass is 10.2. The Kier molecular flexibility index (Phi) is 4.15. The Balaban J connectivity index is 1.74. The molecule has 2 amide bonds. The van der Waals surface area contributed by atoms with Crippen molar-refractivity contribution in [2.75, 3.05) is 24.5 Å². The van der Waals surface area contributed by atoms with Gasteiger partial charge in [0.2, 0.25) is 5.91 Å². The van der Waals surface area contributed by atoms with Gasteiger partial charge < -0.3 is 9.80 Å². The molecule has 0 unspecified atom stereocenters. The minimum Gasteiger partial charge on any atom is -0.326 e. The zero-order valence-corrected chi connectivity index (χ0v) is 13.1. The molecule has 1 aliphatic rings. The number of anilines is 1. The van der Waals surface area contributed by atoms with Crippen LogP contribution in [0.2, 0.25) is 0 Å². The Morgan fingerprint density at radius 2 is 2.04 bits per heavy atom. The number of piperazine rings is 1. The first kappa shape index (κ1) is 16.9. The first-order chi connectivity index (χ1) is 11.8. The number of alkyl halides is 3. The minimum absolute atomic E-state index is 0.0755. The highest BCUT2D eigenvalue weighted by Gasteiger charge is 2.34. The summed E-state index contributed by atoms with van der Waals surface area (Å²) in [6.45, 7) is -0.00392. The van der Waals surface area contributed by atoms with Crippen molar-refractivity contribution in [1.82, 2.24) is 24.9 Å². The molecule has 0 bridgehead atoms.